The van der Waals surface area contributed by atoms with Gasteiger partial charge >= 0.3 is 11.6 Å². The first-order chi connectivity index (χ1) is 15.8. The fourth-order valence-electron chi connectivity index (χ4n) is 3.65. The predicted octanol–water partition coefficient (Wildman–Crippen LogP) is 4.10. The van der Waals surface area contributed by atoms with Gasteiger partial charge in [0.1, 0.15) is 17.4 Å². The zero-order chi connectivity index (χ0) is 23.5. The first-order valence-corrected chi connectivity index (χ1v) is 10.6. The molecule has 0 saturated carbocycles. The van der Waals surface area contributed by atoms with E-state index >= 15 is 0 Å². The maximum atomic E-state index is 12.4. The summed E-state index contributed by atoms with van der Waals surface area (Å²) >= 11 is 5.85. The van der Waals surface area contributed by atoms with Crippen LogP contribution in [0.3, 0.4) is 0 Å². The number of fused-ring (bicyclic) bond motifs is 3. The second-order valence-electron chi connectivity index (χ2n) is 7.58. The minimum absolute atomic E-state index is 0.103. The van der Waals surface area contributed by atoms with Crippen LogP contribution in [0.5, 0.6) is 5.75 Å². The number of rotatable bonds is 7. The minimum atomic E-state index is -1.16. The van der Waals surface area contributed by atoms with Crippen LogP contribution in [0.1, 0.15) is 11.1 Å². The van der Waals surface area contributed by atoms with Crippen LogP contribution in [0, 0.1) is 6.92 Å². The zero-order valence-electron chi connectivity index (χ0n) is 17.6. The lowest BCUT2D eigenvalue weighted by molar-refractivity contribution is -0.142. The van der Waals surface area contributed by atoms with Crippen molar-refractivity contribution in [3.8, 4) is 5.75 Å². The van der Waals surface area contributed by atoms with Crippen LogP contribution in [0.2, 0.25) is 5.02 Å². The van der Waals surface area contributed by atoms with Gasteiger partial charge in [-0.25, -0.2) is 9.59 Å². The topological polar surface area (TPSA) is 106 Å². The van der Waals surface area contributed by atoms with E-state index in [9.17, 15) is 19.5 Å². The van der Waals surface area contributed by atoms with Crippen LogP contribution in [0.25, 0.3) is 21.7 Å². The molecule has 2 N–H and O–H groups in total. The number of carboxylic acid groups (broad SMARTS) is 1. The Bertz CT molecular complexity index is 1410. The molecular weight excluding hydrogens is 446 g/mol. The molecule has 0 fully saturated rings. The molecule has 33 heavy (non-hydrogen) atoms. The number of amides is 1. The van der Waals surface area contributed by atoms with Crippen molar-refractivity contribution in [3.63, 3.8) is 0 Å². The average Bonchev–Trinajstić information content (AvgIpc) is 2.80. The molecule has 8 heteroatoms. The molecule has 1 amide bonds. The quantitative estimate of drug-likeness (QED) is 0.314. The van der Waals surface area contributed by atoms with Gasteiger partial charge in [0.15, 0.2) is 6.61 Å². The lowest BCUT2D eigenvalue weighted by Crippen LogP contribution is -2.44. The second kappa shape index (κ2) is 9.34. The number of carboxylic acids is 1. The van der Waals surface area contributed by atoms with E-state index in [1.807, 2.05) is 12.1 Å². The van der Waals surface area contributed by atoms with Crippen LogP contribution in [0.15, 0.2) is 69.9 Å². The molecule has 168 valence electrons. The van der Waals surface area contributed by atoms with Crippen molar-refractivity contribution >= 4 is 45.2 Å². The van der Waals surface area contributed by atoms with E-state index in [1.54, 1.807) is 55.5 Å². The third kappa shape index (κ3) is 4.83. The van der Waals surface area contributed by atoms with Crippen molar-refractivity contribution in [1.82, 2.24) is 5.32 Å². The van der Waals surface area contributed by atoms with Crippen molar-refractivity contribution in [2.45, 2.75) is 19.4 Å². The Kier molecular flexibility index (Phi) is 6.33. The Hall–Kier alpha value is -3.84. The smallest absolute Gasteiger partial charge is 0.344 e. The largest absolute Gasteiger partial charge is 0.483 e. The summed E-state index contributed by atoms with van der Waals surface area (Å²) in [6.45, 7) is 1.34. The highest BCUT2D eigenvalue weighted by Gasteiger charge is 2.21. The highest BCUT2D eigenvalue weighted by Crippen LogP contribution is 2.30. The first kappa shape index (κ1) is 22.4. The number of carbonyl (C=O) groups is 2. The summed E-state index contributed by atoms with van der Waals surface area (Å²) < 4.78 is 11.1. The van der Waals surface area contributed by atoms with E-state index in [2.05, 4.69) is 5.32 Å². The van der Waals surface area contributed by atoms with Crippen LogP contribution in [0.4, 0.5) is 0 Å². The first-order valence-electron chi connectivity index (χ1n) is 10.2. The molecule has 0 bridgehead atoms. The second-order valence-corrected chi connectivity index (χ2v) is 8.01. The van der Waals surface area contributed by atoms with Gasteiger partial charge in [-0.05, 0) is 48.2 Å². The maximum absolute atomic E-state index is 12.4. The average molecular weight is 466 g/mol. The van der Waals surface area contributed by atoms with Gasteiger partial charge in [0, 0.05) is 22.4 Å². The summed E-state index contributed by atoms with van der Waals surface area (Å²) in [5, 5.41) is 14.5. The lowest BCUT2D eigenvalue weighted by Gasteiger charge is -2.16. The monoisotopic (exact) mass is 465 g/mol. The number of benzene rings is 3. The molecule has 1 aromatic heterocycles. The highest BCUT2D eigenvalue weighted by molar-refractivity contribution is 6.30. The van der Waals surface area contributed by atoms with Crippen LogP contribution in [-0.2, 0) is 16.0 Å². The van der Waals surface area contributed by atoms with Gasteiger partial charge in [0.2, 0.25) is 0 Å². The van der Waals surface area contributed by atoms with Crippen LogP contribution >= 0.6 is 11.6 Å². The Morgan fingerprint density at radius 1 is 1.03 bits per heavy atom. The molecular formula is C25H20ClNO6. The fraction of sp³-hybridized carbons (Fsp3) is 0.160. The van der Waals surface area contributed by atoms with Gasteiger partial charge in [-0.2, -0.15) is 0 Å². The predicted molar refractivity (Wildman–Crippen MR) is 125 cm³/mol. The molecule has 0 saturated heterocycles. The molecule has 4 rings (SSSR count). The standard InChI is InChI=1S/C25H20ClNO6/c1-14-21(11-10-18-17-4-2-3-5-19(17)25(31)33-23(14)18)32-13-22(28)27-20(24(29)30)12-15-6-8-16(26)9-7-15/h2-11,20H,12-13H2,1H3,(H,27,28)(H,29,30). The van der Waals surface area contributed by atoms with Crippen molar-refractivity contribution in [1.29, 1.82) is 0 Å². The highest BCUT2D eigenvalue weighted by atomic mass is 35.5. The number of halogens is 1. The van der Waals surface area contributed by atoms with Gasteiger partial charge < -0.3 is 19.6 Å². The third-order valence-corrected chi connectivity index (χ3v) is 5.59. The molecule has 0 radical (unpaired) electrons. The summed E-state index contributed by atoms with van der Waals surface area (Å²) in [5.74, 6) is -1.38. The number of carbonyl (C=O) groups excluding carboxylic acids is 1. The third-order valence-electron chi connectivity index (χ3n) is 5.33. The molecule has 0 aliphatic rings. The molecule has 4 aromatic rings. The Morgan fingerprint density at radius 2 is 1.73 bits per heavy atom. The Morgan fingerprint density at radius 3 is 2.42 bits per heavy atom. The SMILES string of the molecule is Cc1c(OCC(=O)NC(Cc2ccc(Cl)cc2)C(=O)O)ccc2c1oc(=O)c1ccccc12. The molecule has 0 aliphatic heterocycles. The summed E-state index contributed by atoms with van der Waals surface area (Å²) in [6, 6.07) is 16.2. The molecule has 0 spiro atoms. The molecule has 0 aliphatic carbocycles. The Labute approximate surface area is 193 Å². The van der Waals surface area contributed by atoms with Crippen LogP contribution in [-0.4, -0.2) is 29.6 Å². The van der Waals surface area contributed by atoms with E-state index in [4.69, 9.17) is 20.8 Å². The number of ether oxygens (including phenoxy) is 1. The van der Waals surface area contributed by atoms with Crippen molar-refractivity contribution in [2.75, 3.05) is 6.61 Å². The van der Waals surface area contributed by atoms with E-state index in [0.717, 1.165) is 16.3 Å². The molecule has 3 aromatic carbocycles. The normalized spacial score (nSPS) is 11.9. The van der Waals surface area contributed by atoms with E-state index < -0.39 is 30.2 Å². The van der Waals surface area contributed by atoms with Crippen molar-refractivity contribution in [3.05, 3.63) is 87.2 Å². The van der Waals surface area contributed by atoms with E-state index in [0.29, 0.717) is 27.3 Å². The number of aryl methyl sites for hydroxylation is 1. The maximum Gasteiger partial charge on any atom is 0.344 e. The summed E-state index contributed by atoms with van der Waals surface area (Å²) in [5.41, 5.74) is 1.21. The van der Waals surface area contributed by atoms with Gasteiger partial charge in [0.05, 0.1) is 5.39 Å². The van der Waals surface area contributed by atoms with E-state index in [1.165, 1.54) is 0 Å². The van der Waals surface area contributed by atoms with Gasteiger partial charge in [0.25, 0.3) is 5.91 Å². The van der Waals surface area contributed by atoms with Gasteiger partial charge in [-0.3, -0.25) is 4.79 Å². The molecule has 1 atom stereocenters. The van der Waals surface area contributed by atoms with Crippen LogP contribution < -0.4 is 15.7 Å². The number of hydrogen-bond donors (Lipinski definition) is 2. The van der Waals surface area contributed by atoms with Gasteiger partial charge in [-0.15, -0.1) is 0 Å². The molecule has 1 unspecified atom stereocenters. The van der Waals surface area contributed by atoms with E-state index in [-0.39, 0.29) is 6.42 Å². The molecule has 1 heterocycles. The lowest BCUT2D eigenvalue weighted by atomic mass is 10.0. The summed E-state index contributed by atoms with van der Waals surface area (Å²) in [7, 11) is 0. The Balaban J connectivity index is 1.49. The molecule has 7 nitrogen and oxygen atoms in total. The minimum Gasteiger partial charge on any atom is -0.483 e. The number of aliphatic carboxylic acids is 1. The number of nitrogens with one attached hydrogen (secondary N) is 1. The summed E-state index contributed by atoms with van der Waals surface area (Å²) in [4.78, 5) is 36.3. The van der Waals surface area contributed by atoms with Crippen molar-refractivity contribution < 1.29 is 23.8 Å². The fourth-order valence-corrected chi connectivity index (χ4v) is 3.78. The zero-order valence-corrected chi connectivity index (χ0v) is 18.4. The number of hydrogen-bond acceptors (Lipinski definition) is 5. The van der Waals surface area contributed by atoms with Gasteiger partial charge in [-0.1, -0.05) is 41.9 Å². The van der Waals surface area contributed by atoms with Crippen molar-refractivity contribution in [2.24, 2.45) is 0 Å². The summed E-state index contributed by atoms with van der Waals surface area (Å²) in [6.07, 6.45) is 0.103.